The summed E-state index contributed by atoms with van der Waals surface area (Å²) in [5.74, 6) is -0.742. The van der Waals surface area contributed by atoms with Crippen molar-refractivity contribution in [3.8, 4) is 0 Å². The molecule has 0 saturated carbocycles. The molecule has 0 aromatic heterocycles. The lowest BCUT2D eigenvalue weighted by atomic mass is 9.71. The number of nitrogens with zero attached hydrogens (tertiary/aromatic N) is 2. The van der Waals surface area contributed by atoms with Crippen LogP contribution in [0.2, 0.25) is 0 Å². The van der Waals surface area contributed by atoms with Gasteiger partial charge in [-0.2, -0.15) is 0 Å². The molecule has 168 valence electrons. The Kier molecular flexibility index (Phi) is 4.61. The minimum Gasteiger partial charge on any atom is -0.358 e. The average Bonchev–Trinajstić information content (AvgIpc) is 3.08. The summed E-state index contributed by atoms with van der Waals surface area (Å²) in [6.07, 6.45) is 0.386. The van der Waals surface area contributed by atoms with Gasteiger partial charge in [0.1, 0.15) is 0 Å². The highest BCUT2D eigenvalue weighted by molar-refractivity contribution is 7.93. The zero-order chi connectivity index (χ0) is 23.5. The van der Waals surface area contributed by atoms with Gasteiger partial charge in [-0.15, -0.1) is 6.58 Å². The molecule has 2 aliphatic heterocycles. The number of rotatable bonds is 4. The predicted octanol–water partition coefficient (Wildman–Crippen LogP) is 4.71. The van der Waals surface area contributed by atoms with Crippen LogP contribution in [0.4, 0.5) is 11.4 Å². The second-order valence-corrected chi connectivity index (χ2v) is 10.4. The van der Waals surface area contributed by atoms with Crippen molar-refractivity contribution >= 4 is 21.4 Å². The summed E-state index contributed by atoms with van der Waals surface area (Å²) in [7, 11) is -4.13. The van der Waals surface area contributed by atoms with Crippen molar-refractivity contribution in [1.29, 1.82) is 0 Å². The van der Waals surface area contributed by atoms with Crippen LogP contribution in [-0.4, -0.2) is 19.5 Å². The van der Waals surface area contributed by atoms with E-state index < -0.39 is 27.6 Å². The topological polar surface area (TPSA) is 92.6 Å². The summed E-state index contributed by atoms with van der Waals surface area (Å²) < 4.78 is 29.1. The molecule has 33 heavy (non-hydrogen) atoms. The standard InChI is InChI=1S/C25H23N3O4S/c1-4-20-19-7-5-6-8-22(19)26-24-25(20,28(29)30)21-15-17(3)11-14-23(21)27(24)33(31,32)18-12-9-16(2)10-13-18/h4-15,20,24,26H,1H2,2-3H3/t20-,24-,25-/m1/s1. The van der Waals surface area contributed by atoms with Crippen LogP contribution < -0.4 is 9.62 Å². The Labute approximate surface area is 192 Å². The molecular formula is C25H23N3O4S. The summed E-state index contributed by atoms with van der Waals surface area (Å²) in [5, 5.41) is 16.2. The normalized spacial score (nSPS) is 23.2. The van der Waals surface area contributed by atoms with Gasteiger partial charge in [0.25, 0.3) is 15.6 Å². The molecule has 3 atom stereocenters. The first-order valence-corrected chi connectivity index (χ1v) is 12.0. The average molecular weight is 462 g/mol. The van der Waals surface area contributed by atoms with Gasteiger partial charge in [-0.3, -0.25) is 10.1 Å². The van der Waals surface area contributed by atoms with Gasteiger partial charge in [0.2, 0.25) is 0 Å². The van der Waals surface area contributed by atoms with E-state index in [2.05, 4.69) is 11.9 Å². The minimum absolute atomic E-state index is 0.0783. The van der Waals surface area contributed by atoms with Gasteiger partial charge in [-0.05, 0) is 49.7 Å². The molecule has 0 aliphatic carbocycles. The van der Waals surface area contributed by atoms with Gasteiger partial charge < -0.3 is 5.32 Å². The lowest BCUT2D eigenvalue weighted by Crippen LogP contribution is -2.60. The van der Waals surface area contributed by atoms with Gasteiger partial charge in [-0.25, -0.2) is 12.7 Å². The summed E-state index contributed by atoms with van der Waals surface area (Å²) >= 11 is 0. The maximum Gasteiger partial charge on any atom is 0.298 e. The van der Waals surface area contributed by atoms with E-state index in [-0.39, 0.29) is 9.82 Å². The molecule has 0 unspecified atom stereocenters. The molecule has 0 fully saturated rings. The lowest BCUT2D eigenvalue weighted by molar-refractivity contribution is -0.583. The third-order valence-corrected chi connectivity index (χ3v) is 8.44. The van der Waals surface area contributed by atoms with Crippen LogP contribution in [0.15, 0.2) is 84.3 Å². The minimum atomic E-state index is -4.13. The Morgan fingerprint density at radius 1 is 1.06 bits per heavy atom. The third-order valence-electron chi connectivity index (χ3n) is 6.65. The van der Waals surface area contributed by atoms with Gasteiger partial charge in [0.15, 0.2) is 6.17 Å². The second kappa shape index (κ2) is 7.18. The number of benzene rings is 3. The first kappa shape index (κ1) is 21.2. The van der Waals surface area contributed by atoms with E-state index in [9.17, 15) is 18.5 Å². The Hall–Kier alpha value is -3.65. The molecule has 2 aliphatic rings. The Balaban J connectivity index is 1.85. The lowest BCUT2D eigenvalue weighted by Gasteiger charge is -2.41. The van der Waals surface area contributed by atoms with E-state index in [0.29, 0.717) is 22.5 Å². The Morgan fingerprint density at radius 2 is 1.73 bits per heavy atom. The molecule has 5 rings (SSSR count). The maximum absolute atomic E-state index is 14.0. The molecule has 7 nitrogen and oxygen atoms in total. The van der Waals surface area contributed by atoms with Crippen LogP contribution in [0.5, 0.6) is 0 Å². The smallest absolute Gasteiger partial charge is 0.298 e. The van der Waals surface area contributed by atoms with Crippen molar-refractivity contribution in [3.05, 3.63) is 112 Å². The number of nitrogens with one attached hydrogen (secondary N) is 1. The van der Waals surface area contributed by atoms with Gasteiger partial charge in [0.05, 0.1) is 22.1 Å². The molecule has 3 aromatic rings. The zero-order valence-electron chi connectivity index (χ0n) is 18.2. The van der Waals surface area contributed by atoms with E-state index in [1.54, 1.807) is 42.5 Å². The van der Waals surface area contributed by atoms with Crippen molar-refractivity contribution in [2.75, 3.05) is 9.62 Å². The summed E-state index contributed by atoms with van der Waals surface area (Å²) in [6, 6.07) is 18.9. The molecule has 0 saturated heterocycles. The molecule has 0 bridgehead atoms. The molecule has 0 spiro atoms. The number of anilines is 2. The number of hydrogen-bond donors (Lipinski definition) is 1. The summed E-state index contributed by atoms with van der Waals surface area (Å²) in [4.78, 5) is 12.7. The number of fused-ring (bicyclic) bond motifs is 4. The molecular weight excluding hydrogens is 438 g/mol. The quantitative estimate of drug-likeness (QED) is 0.345. The van der Waals surface area contributed by atoms with E-state index >= 15 is 0 Å². The van der Waals surface area contributed by atoms with Gasteiger partial charge >= 0.3 is 0 Å². The molecule has 1 N–H and O–H groups in total. The number of sulfonamides is 1. The fraction of sp³-hybridized carbons (Fsp3) is 0.200. The highest BCUT2D eigenvalue weighted by Gasteiger charge is 2.69. The largest absolute Gasteiger partial charge is 0.358 e. The first-order valence-electron chi connectivity index (χ1n) is 10.6. The van der Waals surface area contributed by atoms with Crippen molar-refractivity contribution in [2.24, 2.45) is 0 Å². The molecule has 8 heteroatoms. The van der Waals surface area contributed by atoms with Crippen molar-refractivity contribution in [3.63, 3.8) is 0 Å². The first-order chi connectivity index (χ1) is 15.7. The summed E-state index contributed by atoms with van der Waals surface area (Å²) in [6.45, 7) is 7.63. The maximum atomic E-state index is 14.0. The van der Waals surface area contributed by atoms with E-state index in [1.165, 1.54) is 16.4 Å². The molecule has 3 aromatic carbocycles. The molecule has 2 heterocycles. The molecule has 0 radical (unpaired) electrons. The monoisotopic (exact) mass is 461 g/mol. The molecule has 0 amide bonds. The van der Waals surface area contributed by atoms with Crippen molar-refractivity contribution in [2.45, 2.75) is 36.4 Å². The SMILES string of the molecule is C=C[C@@H]1c2ccccc2N[C@@H]2N(S(=O)(=O)c3ccc(C)cc3)c3ccc(C)cc3[C@]12[N+](=O)[O-]. The second-order valence-electron chi connectivity index (χ2n) is 8.56. The van der Waals surface area contributed by atoms with Gasteiger partial charge in [-0.1, -0.05) is 53.6 Å². The van der Waals surface area contributed by atoms with Crippen LogP contribution in [-0.2, 0) is 15.6 Å². The van der Waals surface area contributed by atoms with E-state index in [0.717, 1.165) is 11.1 Å². The fourth-order valence-electron chi connectivity index (χ4n) is 5.13. The van der Waals surface area contributed by atoms with Crippen LogP contribution >= 0.6 is 0 Å². The predicted molar refractivity (Wildman–Crippen MR) is 127 cm³/mol. The number of nitro groups is 1. The fourth-order valence-corrected chi connectivity index (χ4v) is 6.74. The van der Waals surface area contributed by atoms with Gasteiger partial charge in [0, 0.05) is 10.6 Å². The van der Waals surface area contributed by atoms with Crippen LogP contribution in [0.3, 0.4) is 0 Å². The van der Waals surface area contributed by atoms with Crippen LogP contribution in [0.1, 0.15) is 28.2 Å². The van der Waals surface area contributed by atoms with Crippen molar-refractivity contribution < 1.29 is 13.3 Å². The number of hydrogen-bond acceptors (Lipinski definition) is 5. The highest BCUT2D eigenvalue weighted by Crippen LogP contribution is 2.58. The van der Waals surface area contributed by atoms with Crippen molar-refractivity contribution in [1.82, 2.24) is 0 Å². The zero-order valence-corrected chi connectivity index (χ0v) is 19.0. The highest BCUT2D eigenvalue weighted by atomic mass is 32.2. The Morgan fingerprint density at radius 3 is 2.39 bits per heavy atom. The van der Waals surface area contributed by atoms with E-state index in [4.69, 9.17) is 0 Å². The van der Waals surface area contributed by atoms with E-state index in [1.807, 2.05) is 32.0 Å². The number of para-hydroxylation sites is 1. The third kappa shape index (κ3) is 2.77. The summed E-state index contributed by atoms with van der Waals surface area (Å²) in [5.41, 5.74) is 1.97. The number of aryl methyl sites for hydroxylation is 2. The Bertz CT molecular complexity index is 1400. The van der Waals surface area contributed by atoms with Crippen LogP contribution in [0.25, 0.3) is 0 Å². The van der Waals surface area contributed by atoms with Crippen LogP contribution in [0, 0.1) is 24.0 Å².